The first-order valence-electron chi connectivity index (χ1n) is 22.8. The summed E-state index contributed by atoms with van der Waals surface area (Å²) < 4.78 is 0. The van der Waals surface area contributed by atoms with E-state index in [0.717, 1.165) is 0 Å². The van der Waals surface area contributed by atoms with Gasteiger partial charge in [-0.05, 0) is 102 Å². The SMILES string of the molecule is CC(C)C(NC(=O)C(CCCCN)NC(=O)C(CCCCN)NC(=O)C(N)CCCN=C(N)N)C(=O)N1CCCC1C(=O)NC(Cc1ccccc1)C(=O)NC(CCCN=C(N)N)C(=O)O. The Balaban J connectivity index is 2.29. The number of carboxylic acids is 1. The maximum Gasteiger partial charge on any atom is 0.326 e. The lowest BCUT2D eigenvalue weighted by atomic mass is 10.00. The van der Waals surface area contributed by atoms with Crippen LogP contribution in [-0.4, -0.2) is 138 Å². The maximum atomic E-state index is 14.4. The molecule has 1 aliphatic rings. The molecule has 20 N–H and O–H groups in total. The average Bonchev–Trinajstić information content (AvgIpc) is 3.77. The third-order valence-corrected chi connectivity index (χ3v) is 11.0. The number of rotatable bonds is 31. The quantitative estimate of drug-likeness (QED) is 0.0202. The van der Waals surface area contributed by atoms with Crippen molar-refractivity contribution in [2.24, 2.45) is 56.0 Å². The standard InChI is InChI=1S/C43H75N15O8/c1-26(2)34(57-37(61)30(17-7-9-21-45)54-36(60)29(16-6-8-20-44)53-35(59)28(46)15-10-22-51-42(47)48)40(64)58-24-12-19-33(58)39(63)56-32(25-27-13-4-3-5-14-27)38(62)55-31(41(65)66)18-11-23-52-43(49)50/h3-5,13-14,26,28-34H,6-12,15-25,44-46H2,1-2H3,(H,53,59)(H,54,60)(H,55,62)(H,56,63)(H,57,61)(H,65,66)(H4,47,48,51)(H4,49,50,52). The van der Waals surface area contributed by atoms with Gasteiger partial charge in [0.05, 0.1) is 6.04 Å². The van der Waals surface area contributed by atoms with Gasteiger partial charge in [-0.25, -0.2) is 4.79 Å². The van der Waals surface area contributed by atoms with Crippen LogP contribution in [0.5, 0.6) is 0 Å². The van der Waals surface area contributed by atoms with Crippen molar-refractivity contribution in [3.05, 3.63) is 35.9 Å². The first kappa shape index (κ1) is 56.1. The molecule has 6 amide bonds. The van der Waals surface area contributed by atoms with Gasteiger partial charge < -0.3 is 76.7 Å². The number of nitrogens with one attached hydrogen (secondary N) is 5. The number of likely N-dealkylation sites (tertiary alicyclic amines) is 1. The Morgan fingerprint density at radius 2 is 1.17 bits per heavy atom. The van der Waals surface area contributed by atoms with Gasteiger partial charge in [0.1, 0.15) is 36.3 Å². The van der Waals surface area contributed by atoms with Crippen LogP contribution >= 0.6 is 0 Å². The molecular weight excluding hydrogens is 855 g/mol. The average molecular weight is 930 g/mol. The lowest BCUT2D eigenvalue weighted by Gasteiger charge is -2.32. The Bertz CT molecular complexity index is 1780. The summed E-state index contributed by atoms with van der Waals surface area (Å²) in [5.41, 5.74) is 39.7. The fourth-order valence-corrected chi connectivity index (χ4v) is 7.33. The molecule has 1 heterocycles. The number of guanidine groups is 2. The first-order valence-corrected chi connectivity index (χ1v) is 22.8. The molecule has 1 aliphatic heterocycles. The van der Waals surface area contributed by atoms with Crippen LogP contribution in [0.1, 0.15) is 96.5 Å². The highest BCUT2D eigenvalue weighted by Crippen LogP contribution is 2.21. The number of nitrogens with two attached hydrogens (primary N) is 7. The number of aliphatic carboxylic acids is 1. The van der Waals surface area contributed by atoms with Crippen LogP contribution < -0.4 is 66.7 Å². The molecule has 0 saturated carbocycles. The van der Waals surface area contributed by atoms with E-state index in [0.29, 0.717) is 57.2 Å². The van der Waals surface area contributed by atoms with E-state index in [-0.39, 0.29) is 76.5 Å². The zero-order chi connectivity index (χ0) is 49.2. The summed E-state index contributed by atoms with van der Waals surface area (Å²) in [5.74, 6) is -5.75. The minimum Gasteiger partial charge on any atom is -0.480 e. The Morgan fingerprint density at radius 1 is 0.667 bits per heavy atom. The number of unbranched alkanes of at least 4 members (excludes halogenated alkanes) is 2. The normalized spacial score (nSPS) is 16.1. The molecule has 1 aromatic carbocycles. The van der Waals surface area contributed by atoms with Crippen LogP contribution in [0, 0.1) is 5.92 Å². The number of aliphatic imine (C=N–C) groups is 2. The molecule has 7 unspecified atom stereocenters. The van der Waals surface area contributed by atoms with Gasteiger partial charge in [0.2, 0.25) is 35.4 Å². The highest BCUT2D eigenvalue weighted by Gasteiger charge is 2.41. The first-order chi connectivity index (χ1) is 31.4. The molecule has 0 aromatic heterocycles. The van der Waals surface area contributed by atoms with Crippen molar-refractivity contribution in [1.82, 2.24) is 31.5 Å². The van der Waals surface area contributed by atoms with E-state index < -0.39 is 89.6 Å². The van der Waals surface area contributed by atoms with Crippen LogP contribution in [0.15, 0.2) is 40.3 Å². The second-order valence-corrected chi connectivity index (χ2v) is 16.8. The van der Waals surface area contributed by atoms with Crippen LogP contribution in [0.4, 0.5) is 0 Å². The van der Waals surface area contributed by atoms with Crippen LogP contribution in [0.25, 0.3) is 0 Å². The predicted octanol–water partition coefficient (Wildman–Crippen LogP) is -2.92. The second kappa shape index (κ2) is 30.2. The monoisotopic (exact) mass is 930 g/mol. The van der Waals surface area contributed by atoms with E-state index in [4.69, 9.17) is 40.1 Å². The Kier molecular flexibility index (Phi) is 25.6. The summed E-state index contributed by atoms with van der Waals surface area (Å²) in [7, 11) is 0. The Labute approximate surface area is 387 Å². The topological polar surface area (TPSA) is 410 Å². The van der Waals surface area contributed by atoms with E-state index in [1.165, 1.54) is 4.90 Å². The van der Waals surface area contributed by atoms with Gasteiger partial charge >= 0.3 is 5.97 Å². The van der Waals surface area contributed by atoms with Gasteiger partial charge in [-0.2, -0.15) is 0 Å². The lowest BCUT2D eigenvalue weighted by molar-refractivity contribution is -0.144. The summed E-state index contributed by atoms with van der Waals surface area (Å²) in [6.45, 7) is 4.76. The Morgan fingerprint density at radius 3 is 1.70 bits per heavy atom. The molecule has 66 heavy (non-hydrogen) atoms. The number of carbonyl (C=O) groups excluding carboxylic acids is 6. The van der Waals surface area contributed by atoms with Gasteiger partial charge in [-0.3, -0.25) is 38.8 Å². The van der Waals surface area contributed by atoms with E-state index in [1.54, 1.807) is 44.2 Å². The molecule has 23 heteroatoms. The largest absolute Gasteiger partial charge is 0.480 e. The van der Waals surface area contributed by atoms with Crippen molar-refractivity contribution in [3.8, 4) is 0 Å². The smallest absolute Gasteiger partial charge is 0.326 e. The molecule has 1 saturated heterocycles. The molecule has 0 bridgehead atoms. The fourth-order valence-electron chi connectivity index (χ4n) is 7.33. The molecule has 1 fully saturated rings. The second-order valence-electron chi connectivity index (χ2n) is 16.8. The van der Waals surface area contributed by atoms with E-state index in [1.807, 2.05) is 0 Å². The summed E-state index contributed by atoms with van der Waals surface area (Å²) in [6, 6.07) is 1.03. The van der Waals surface area contributed by atoms with Crippen molar-refractivity contribution >= 4 is 53.3 Å². The molecule has 23 nitrogen and oxygen atoms in total. The number of nitrogens with zero attached hydrogens (tertiary/aromatic N) is 3. The maximum absolute atomic E-state index is 14.4. The van der Waals surface area contributed by atoms with Gasteiger partial charge in [0.15, 0.2) is 11.9 Å². The van der Waals surface area contributed by atoms with Gasteiger partial charge in [-0.1, -0.05) is 44.2 Å². The Hall–Kier alpha value is -6.07. The third kappa shape index (κ3) is 20.4. The van der Waals surface area contributed by atoms with Crippen molar-refractivity contribution in [1.29, 1.82) is 0 Å². The lowest BCUT2D eigenvalue weighted by Crippen LogP contribution is -2.60. The molecule has 0 radical (unpaired) electrons. The summed E-state index contributed by atoms with van der Waals surface area (Å²) in [5, 5.41) is 23.5. The minimum absolute atomic E-state index is 0.0128. The van der Waals surface area contributed by atoms with Crippen LogP contribution in [0.2, 0.25) is 0 Å². The number of hydrogen-bond acceptors (Lipinski definition) is 12. The molecule has 7 atom stereocenters. The molecule has 1 aromatic rings. The molecule has 0 aliphatic carbocycles. The minimum atomic E-state index is -1.30. The van der Waals surface area contributed by atoms with Crippen molar-refractivity contribution in [2.45, 2.75) is 140 Å². The van der Waals surface area contributed by atoms with Crippen molar-refractivity contribution < 1.29 is 38.7 Å². The van der Waals surface area contributed by atoms with Crippen molar-refractivity contribution in [2.75, 3.05) is 32.7 Å². The van der Waals surface area contributed by atoms with Crippen LogP contribution in [0.3, 0.4) is 0 Å². The predicted molar refractivity (Wildman–Crippen MR) is 251 cm³/mol. The number of carbonyl (C=O) groups is 7. The van der Waals surface area contributed by atoms with Gasteiger partial charge in [0.25, 0.3) is 0 Å². The third-order valence-electron chi connectivity index (χ3n) is 11.0. The number of benzene rings is 1. The van der Waals surface area contributed by atoms with Gasteiger partial charge in [0, 0.05) is 26.1 Å². The number of hydrogen-bond donors (Lipinski definition) is 13. The highest BCUT2D eigenvalue weighted by atomic mass is 16.4. The van der Waals surface area contributed by atoms with E-state index in [9.17, 15) is 38.7 Å². The molecule has 2 rings (SSSR count). The fraction of sp³-hybridized carbons (Fsp3) is 0.651. The zero-order valence-corrected chi connectivity index (χ0v) is 38.4. The van der Waals surface area contributed by atoms with Crippen molar-refractivity contribution in [3.63, 3.8) is 0 Å². The molecule has 0 spiro atoms. The number of carboxylic acid groups (broad SMARTS) is 1. The highest BCUT2D eigenvalue weighted by molar-refractivity contribution is 5.97. The summed E-state index contributed by atoms with van der Waals surface area (Å²) >= 11 is 0. The molecule has 370 valence electrons. The summed E-state index contributed by atoms with van der Waals surface area (Å²) in [6.07, 6.45) is 4.11. The zero-order valence-electron chi connectivity index (χ0n) is 38.4. The van der Waals surface area contributed by atoms with Crippen LogP contribution in [-0.2, 0) is 40.0 Å². The van der Waals surface area contributed by atoms with E-state index in [2.05, 4.69) is 36.6 Å². The summed E-state index contributed by atoms with van der Waals surface area (Å²) in [4.78, 5) is 104. The van der Waals surface area contributed by atoms with E-state index >= 15 is 0 Å². The molecular formula is C43H75N15O8. The number of amides is 6. The van der Waals surface area contributed by atoms with Gasteiger partial charge in [-0.15, -0.1) is 0 Å².